The summed E-state index contributed by atoms with van der Waals surface area (Å²) in [5.41, 5.74) is 8.24. The minimum absolute atomic E-state index is 0.0313. The van der Waals surface area contributed by atoms with Gasteiger partial charge in [-0.1, -0.05) is 23.8 Å². The second kappa shape index (κ2) is 9.78. The number of carbonyl (C=O) groups excluding carboxylic acids is 1. The Kier molecular flexibility index (Phi) is 6.20. The molecule has 1 saturated heterocycles. The van der Waals surface area contributed by atoms with Gasteiger partial charge in [0.2, 0.25) is 0 Å². The largest absolute Gasteiger partial charge is 0.367 e. The van der Waals surface area contributed by atoms with E-state index in [0.717, 1.165) is 63.1 Å². The number of benzene rings is 2. The number of amides is 1. The molecule has 0 saturated carbocycles. The number of aromatic amines is 1. The van der Waals surface area contributed by atoms with Crippen molar-refractivity contribution in [2.75, 3.05) is 24.5 Å². The Bertz CT molecular complexity index is 1350. The summed E-state index contributed by atoms with van der Waals surface area (Å²) in [6.07, 6.45) is 6.67. The number of carbonyl (C=O) groups is 1. The van der Waals surface area contributed by atoms with Crippen LogP contribution in [0.4, 0.5) is 5.69 Å². The average Bonchev–Trinajstić information content (AvgIpc) is 3.28. The number of anilines is 1. The highest BCUT2D eigenvalue weighted by Gasteiger charge is 2.24. The number of aromatic nitrogens is 2. The van der Waals surface area contributed by atoms with Crippen molar-refractivity contribution in [2.24, 2.45) is 0 Å². The van der Waals surface area contributed by atoms with E-state index in [2.05, 4.69) is 74.5 Å². The summed E-state index contributed by atoms with van der Waals surface area (Å²) in [5, 5.41) is 4.47. The summed E-state index contributed by atoms with van der Waals surface area (Å²) in [6, 6.07) is 19.2. The Morgan fingerprint density at radius 3 is 2.69 bits per heavy atom. The van der Waals surface area contributed by atoms with Crippen molar-refractivity contribution in [1.82, 2.24) is 20.2 Å². The van der Waals surface area contributed by atoms with Crippen LogP contribution in [0.25, 0.3) is 10.9 Å². The normalized spacial score (nSPS) is 16.8. The third-order valence-corrected chi connectivity index (χ3v) is 7.69. The van der Waals surface area contributed by atoms with Crippen molar-refractivity contribution in [1.29, 1.82) is 0 Å². The molecule has 0 aliphatic carbocycles. The van der Waals surface area contributed by atoms with Crippen LogP contribution in [0.5, 0.6) is 0 Å². The average molecular weight is 480 g/mol. The molecule has 4 heterocycles. The fourth-order valence-corrected chi connectivity index (χ4v) is 5.59. The standard InChI is InChI=1S/C30H33N5O/c1-21-4-7-25(8-5-21)35-16-12-29-27(20-35)26-17-23(6-9-28(26)33-29)30(36)32-24-10-14-34(15-11-24)19-22-3-2-13-31-18-22/h2-9,13,17-18,24,33H,10-12,14-16,19-20H2,1H3,(H,32,36). The Balaban J connectivity index is 1.12. The Morgan fingerprint density at radius 1 is 1.08 bits per heavy atom. The van der Waals surface area contributed by atoms with Crippen molar-refractivity contribution < 1.29 is 4.79 Å². The van der Waals surface area contributed by atoms with Crippen LogP contribution in [0.3, 0.4) is 0 Å². The van der Waals surface area contributed by atoms with E-state index in [1.54, 1.807) is 0 Å². The van der Waals surface area contributed by atoms with Crippen LogP contribution >= 0.6 is 0 Å². The number of aryl methyl sites for hydroxylation is 1. The van der Waals surface area contributed by atoms with Crippen LogP contribution in [-0.4, -0.2) is 46.5 Å². The van der Waals surface area contributed by atoms with E-state index in [4.69, 9.17) is 0 Å². The minimum Gasteiger partial charge on any atom is -0.367 e. The van der Waals surface area contributed by atoms with Gasteiger partial charge in [0.15, 0.2) is 0 Å². The molecule has 0 atom stereocenters. The summed E-state index contributed by atoms with van der Waals surface area (Å²) in [4.78, 5) is 25.9. The van der Waals surface area contributed by atoms with Gasteiger partial charge in [0.25, 0.3) is 5.91 Å². The number of fused-ring (bicyclic) bond motifs is 3. The molecule has 0 unspecified atom stereocenters. The number of nitrogens with zero attached hydrogens (tertiary/aromatic N) is 3. The van der Waals surface area contributed by atoms with Crippen LogP contribution in [0, 0.1) is 6.92 Å². The Labute approximate surface area is 212 Å². The fraction of sp³-hybridized carbons (Fsp3) is 0.333. The summed E-state index contributed by atoms with van der Waals surface area (Å²) in [5.74, 6) is 0.0313. The first-order valence-electron chi connectivity index (χ1n) is 13.0. The molecule has 0 radical (unpaired) electrons. The molecule has 4 aromatic rings. The second-order valence-corrected chi connectivity index (χ2v) is 10.2. The van der Waals surface area contributed by atoms with Gasteiger partial charge in [-0.15, -0.1) is 0 Å². The highest BCUT2D eigenvalue weighted by atomic mass is 16.1. The molecule has 0 spiro atoms. The summed E-state index contributed by atoms with van der Waals surface area (Å²) in [7, 11) is 0. The van der Waals surface area contributed by atoms with Gasteiger partial charge >= 0.3 is 0 Å². The lowest BCUT2D eigenvalue weighted by atomic mass is 10.0. The molecular formula is C30H33N5O. The molecule has 1 fully saturated rings. The predicted molar refractivity (Wildman–Crippen MR) is 144 cm³/mol. The van der Waals surface area contributed by atoms with Gasteiger partial charge in [-0.3, -0.25) is 14.7 Å². The number of piperidine rings is 1. The van der Waals surface area contributed by atoms with E-state index in [0.29, 0.717) is 0 Å². The summed E-state index contributed by atoms with van der Waals surface area (Å²) >= 11 is 0. The maximum absolute atomic E-state index is 13.2. The second-order valence-electron chi connectivity index (χ2n) is 10.2. The highest BCUT2D eigenvalue weighted by molar-refractivity contribution is 5.99. The molecule has 2 aromatic carbocycles. The molecule has 6 nitrogen and oxygen atoms in total. The number of hydrogen-bond acceptors (Lipinski definition) is 4. The molecule has 1 amide bonds. The SMILES string of the molecule is Cc1ccc(N2CCc3[nH]c4ccc(C(=O)NC5CCN(Cc6cccnc6)CC5)cc4c3C2)cc1. The highest BCUT2D eigenvalue weighted by Crippen LogP contribution is 2.31. The van der Waals surface area contributed by atoms with E-state index in [1.807, 2.05) is 24.5 Å². The van der Waals surface area contributed by atoms with Crippen molar-refractivity contribution in [3.63, 3.8) is 0 Å². The molecule has 2 aliphatic heterocycles. The predicted octanol–water partition coefficient (Wildman–Crippen LogP) is 4.83. The Morgan fingerprint density at radius 2 is 1.92 bits per heavy atom. The molecule has 184 valence electrons. The molecule has 2 aliphatic rings. The first kappa shape index (κ1) is 22.8. The van der Waals surface area contributed by atoms with Crippen LogP contribution in [0.15, 0.2) is 67.0 Å². The van der Waals surface area contributed by atoms with Crippen LogP contribution in [-0.2, 0) is 19.5 Å². The number of rotatable bonds is 5. The lowest BCUT2D eigenvalue weighted by Gasteiger charge is -2.32. The fourth-order valence-electron chi connectivity index (χ4n) is 5.59. The zero-order chi connectivity index (χ0) is 24.5. The number of pyridine rings is 1. The molecular weight excluding hydrogens is 446 g/mol. The summed E-state index contributed by atoms with van der Waals surface area (Å²) in [6.45, 7) is 6.87. The third-order valence-electron chi connectivity index (χ3n) is 7.69. The molecule has 0 bridgehead atoms. The maximum atomic E-state index is 13.2. The van der Waals surface area contributed by atoms with E-state index in [-0.39, 0.29) is 11.9 Å². The van der Waals surface area contributed by atoms with Crippen LogP contribution < -0.4 is 10.2 Å². The number of nitrogens with one attached hydrogen (secondary N) is 2. The maximum Gasteiger partial charge on any atom is 0.251 e. The molecule has 36 heavy (non-hydrogen) atoms. The quantitative estimate of drug-likeness (QED) is 0.430. The van der Waals surface area contributed by atoms with Gasteiger partial charge in [-0.2, -0.15) is 0 Å². The van der Waals surface area contributed by atoms with Gasteiger partial charge in [-0.25, -0.2) is 0 Å². The van der Waals surface area contributed by atoms with Crippen molar-refractivity contribution in [3.05, 3.63) is 94.9 Å². The number of likely N-dealkylation sites (tertiary alicyclic amines) is 1. The van der Waals surface area contributed by atoms with Gasteiger partial charge in [0.05, 0.1) is 0 Å². The van der Waals surface area contributed by atoms with Crippen molar-refractivity contribution in [3.8, 4) is 0 Å². The zero-order valence-corrected chi connectivity index (χ0v) is 20.8. The summed E-state index contributed by atoms with van der Waals surface area (Å²) < 4.78 is 0. The van der Waals surface area contributed by atoms with E-state index >= 15 is 0 Å². The third kappa shape index (κ3) is 4.73. The first-order chi connectivity index (χ1) is 17.6. The van der Waals surface area contributed by atoms with Gasteiger partial charge in [0.1, 0.15) is 0 Å². The van der Waals surface area contributed by atoms with E-state index < -0.39 is 0 Å². The van der Waals surface area contributed by atoms with Crippen LogP contribution in [0.1, 0.15) is 45.6 Å². The zero-order valence-electron chi connectivity index (χ0n) is 20.8. The van der Waals surface area contributed by atoms with Crippen LogP contribution in [0.2, 0.25) is 0 Å². The van der Waals surface area contributed by atoms with Gasteiger partial charge in [-0.05, 0) is 61.7 Å². The monoisotopic (exact) mass is 479 g/mol. The van der Waals surface area contributed by atoms with Crippen molar-refractivity contribution in [2.45, 2.75) is 45.3 Å². The lowest BCUT2D eigenvalue weighted by molar-refractivity contribution is 0.0909. The molecule has 6 heteroatoms. The topological polar surface area (TPSA) is 64.3 Å². The molecule has 2 N–H and O–H groups in total. The number of hydrogen-bond donors (Lipinski definition) is 2. The van der Waals surface area contributed by atoms with Gasteiger partial charge in [0, 0.05) is 91.0 Å². The van der Waals surface area contributed by atoms with E-state index in [1.165, 1.54) is 33.5 Å². The minimum atomic E-state index is 0.0313. The Hall–Kier alpha value is -3.64. The lowest BCUT2D eigenvalue weighted by Crippen LogP contribution is -2.44. The van der Waals surface area contributed by atoms with Crippen molar-refractivity contribution >= 4 is 22.5 Å². The number of H-pyrrole nitrogens is 1. The smallest absolute Gasteiger partial charge is 0.251 e. The first-order valence-corrected chi connectivity index (χ1v) is 13.0. The van der Waals surface area contributed by atoms with E-state index in [9.17, 15) is 4.79 Å². The molecule has 6 rings (SSSR count). The molecule has 2 aromatic heterocycles. The van der Waals surface area contributed by atoms with Gasteiger partial charge < -0.3 is 15.2 Å².